The predicted molar refractivity (Wildman–Crippen MR) is 249 cm³/mol. The average Bonchev–Trinajstić information content (AvgIpc) is 3.80. The van der Waals surface area contributed by atoms with Gasteiger partial charge in [-0.1, -0.05) is 84.9 Å². The number of carboxylic acids is 1. The topological polar surface area (TPSA) is 205 Å². The summed E-state index contributed by atoms with van der Waals surface area (Å²) in [4.78, 5) is 57.9. The summed E-state index contributed by atoms with van der Waals surface area (Å²) in [5, 5.41) is 50.4. The lowest BCUT2D eigenvalue weighted by molar-refractivity contribution is -0.155. The molecule has 2 amide bonds. The van der Waals surface area contributed by atoms with Crippen LogP contribution in [0.2, 0.25) is 0 Å². The molecular formula is C52H55N5O9. The number of likely N-dealkylation sites (tertiary alicyclic amines) is 2. The second kappa shape index (κ2) is 20.6. The maximum absolute atomic E-state index is 13.3. The summed E-state index contributed by atoms with van der Waals surface area (Å²) in [5.74, 6) is -1.47. The Hall–Kier alpha value is -6.84. The molecule has 14 heteroatoms. The van der Waals surface area contributed by atoms with Crippen molar-refractivity contribution in [3.8, 4) is 11.5 Å². The third-order valence-corrected chi connectivity index (χ3v) is 12.8. The number of aliphatic hydroxyl groups is 2. The number of nitrogens with one attached hydrogen (secondary N) is 3. The van der Waals surface area contributed by atoms with E-state index < -0.39 is 17.7 Å². The Morgan fingerprint density at radius 2 is 1.59 bits per heavy atom. The minimum absolute atomic E-state index is 0.0793. The first-order chi connectivity index (χ1) is 31.9. The quantitative estimate of drug-likeness (QED) is 0.0631. The number of piperidine rings is 1. The minimum Gasteiger partial charge on any atom is -0.506 e. The van der Waals surface area contributed by atoms with Crippen molar-refractivity contribution in [1.29, 1.82) is 0 Å². The number of fused-ring (bicyclic) bond motifs is 1. The molecule has 0 unspecified atom stereocenters. The smallest absolute Gasteiger partial charge is 0.345 e. The number of rotatable bonds is 17. The number of aromatic amines is 1. The van der Waals surface area contributed by atoms with Gasteiger partial charge in [0.2, 0.25) is 11.2 Å². The van der Waals surface area contributed by atoms with Crippen molar-refractivity contribution in [2.45, 2.75) is 56.5 Å². The number of nitrogens with zero attached hydrogens (tertiary/aromatic N) is 2. The molecule has 0 spiro atoms. The Balaban J connectivity index is 0.806. The average molecular weight is 894 g/mol. The molecule has 2 aliphatic heterocycles. The van der Waals surface area contributed by atoms with Crippen LogP contribution in [0.25, 0.3) is 10.9 Å². The molecule has 0 bridgehead atoms. The number of aromatic nitrogens is 1. The summed E-state index contributed by atoms with van der Waals surface area (Å²) < 4.78 is 5.89. The summed E-state index contributed by atoms with van der Waals surface area (Å²) >= 11 is 0. The van der Waals surface area contributed by atoms with Crippen molar-refractivity contribution in [2.75, 3.05) is 39.3 Å². The lowest BCUT2D eigenvalue weighted by Crippen LogP contribution is -2.39. The molecule has 2 aliphatic rings. The molecule has 0 saturated carbocycles. The van der Waals surface area contributed by atoms with Crippen LogP contribution >= 0.6 is 0 Å². The molecule has 0 radical (unpaired) electrons. The summed E-state index contributed by atoms with van der Waals surface area (Å²) in [6, 6.07) is 36.6. The Kier molecular flexibility index (Phi) is 14.2. The van der Waals surface area contributed by atoms with E-state index in [-0.39, 0.29) is 59.1 Å². The van der Waals surface area contributed by atoms with E-state index in [4.69, 9.17) is 4.74 Å². The zero-order chi connectivity index (χ0) is 46.2. The van der Waals surface area contributed by atoms with E-state index in [0.717, 1.165) is 43.6 Å². The van der Waals surface area contributed by atoms with Crippen LogP contribution in [0.4, 0.5) is 0 Å². The second-order valence-electron chi connectivity index (χ2n) is 17.3. The van der Waals surface area contributed by atoms with Crippen LogP contribution in [0.15, 0.2) is 132 Å². The second-order valence-corrected chi connectivity index (χ2v) is 17.3. The summed E-state index contributed by atoms with van der Waals surface area (Å²) in [7, 11) is 0. The highest BCUT2D eigenvalue weighted by Crippen LogP contribution is 2.36. The lowest BCUT2D eigenvalue weighted by atomic mass is 9.80. The first kappa shape index (κ1) is 45.7. The number of aliphatic hydroxyl groups excluding tert-OH is 1. The number of phenolic OH excluding ortho intramolecular Hbond substituents is 1. The van der Waals surface area contributed by atoms with E-state index in [0.29, 0.717) is 60.5 Å². The van der Waals surface area contributed by atoms with Gasteiger partial charge in [-0.25, -0.2) is 4.79 Å². The number of aliphatic carboxylic acids is 1. The maximum Gasteiger partial charge on any atom is 0.345 e. The molecule has 3 atom stereocenters. The van der Waals surface area contributed by atoms with Gasteiger partial charge in [-0.05, 0) is 103 Å². The van der Waals surface area contributed by atoms with Crippen LogP contribution in [0.1, 0.15) is 69.1 Å². The Morgan fingerprint density at radius 1 is 0.833 bits per heavy atom. The van der Waals surface area contributed by atoms with E-state index in [1.807, 2.05) is 30.3 Å². The molecule has 14 nitrogen and oxygen atoms in total. The van der Waals surface area contributed by atoms with Crippen LogP contribution in [-0.4, -0.2) is 98.4 Å². The zero-order valence-electron chi connectivity index (χ0n) is 36.6. The van der Waals surface area contributed by atoms with Crippen LogP contribution < -0.4 is 20.9 Å². The molecule has 0 aliphatic carbocycles. The van der Waals surface area contributed by atoms with E-state index in [1.54, 1.807) is 59.5 Å². The normalized spacial score (nSPS) is 17.0. The molecule has 3 heterocycles. The van der Waals surface area contributed by atoms with Crippen molar-refractivity contribution in [2.24, 2.45) is 5.92 Å². The fourth-order valence-electron chi connectivity index (χ4n) is 9.15. The molecule has 6 aromatic rings. The fourth-order valence-corrected chi connectivity index (χ4v) is 9.15. The number of phenols is 1. The van der Waals surface area contributed by atoms with Gasteiger partial charge in [0.25, 0.3) is 11.8 Å². The number of ether oxygens (including phenoxy) is 1. The lowest BCUT2D eigenvalue weighted by Gasteiger charge is -2.33. The van der Waals surface area contributed by atoms with Crippen LogP contribution in [-0.2, 0) is 34.7 Å². The molecule has 5 aromatic carbocycles. The van der Waals surface area contributed by atoms with Gasteiger partial charge in [0, 0.05) is 66.9 Å². The molecular weight excluding hydrogens is 839 g/mol. The first-order valence-electron chi connectivity index (χ1n) is 22.4. The molecule has 7 N–H and O–H groups in total. The van der Waals surface area contributed by atoms with Crippen LogP contribution in [0.3, 0.4) is 0 Å². The van der Waals surface area contributed by atoms with Gasteiger partial charge in [0.05, 0.1) is 11.6 Å². The number of carbonyl (C=O) groups is 3. The van der Waals surface area contributed by atoms with E-state index in [9.17, 15) is 39.6 Å². The van der Waals surface area contributed by atoms with Crippen molar-refractivity contribution in [1.82, 2.24) is 25.4 Å². The van der Waals surface area contributed by atoms with Crippen molar-refractivity contribution < 1.29 is 39.5 Å². The van der Waals surface area contributed by atoms with Crippen molar-refractivity contribution in [3.05, 3.63) is 177 Å². The summed E-state index contributed by atoms with van der Waals surface area (Å²) in [6.07, 6.45) is 2.22. The van der Waals surface area contributed by atoms with Crippen molar-refractivity contribution in [3.63, 3.8) is 0 Å². The molecule has 342 valence electrons. The largest absolute Gasteiger partial charge is 0.506 e. The Labute approximate surface area is 382 Å². The molecule has 1 aromatic heterocycles. The highest BCUT2D eigenvalue weighted by atomic mass is 16.5. The van der Waals surface area contributed by atoms with Gasteiger partial charge in [-0.15, -0.1) is 0 Å². The Morgan fingerprint density at radius 3 is 2.36 bits per heavy atom. The molecule has 8 rings (SSSR count). The Bertz CT molecular complexity index is 2720. The third-order valence-electron chi connectivity index (χ3n) is 12.8. The first-order valence-corrected chi connectivity index (χ1v) is 22.4. The van der Waals surface area contributed by atoms with Gasteiger partial charge in [0.1, 0.15) is 11.5 Å². The number of H-pyrrole nitrogens is 1. The number of aromatic hydroxyl groups is 1. The molecule has 2 fully saturated rings. The highest BCUT2D eigenvalue weighted by Gasteiger charge is 2.42. The zero-order valence-corrected chi connectivity index (χ0v) is 36.6. The monoisotopic (exact) mass is 893 g/mol. The van der Waals surface area contributed by atoms with Gasteiger partial charge in [-0.2, -0.15) is 0 Å². The standard InChI is InChI=1S/C52H55N5O9/c58-45-19-17-42(43-18-20-47(60)55-49(43)45)46(59)30-53-29-35-13-15-37(16-14-35)50(62)54-40-23-26-57(32-40)48(61)33-66-41-11-6-10-39(28-41)52(65,51(63)64)44-12-5-4-9-38(44)27-34-21-24-56(25-22-34)31-36-7-2-1-3-8-36/h1-20,28,34,40,46,53,58-59,65H,21-27,29-33H2,(H,54,62)(H,55,60)(H,63,64)/t40-,46-,52-/m0/s1. The fraction of sp³-hybridized carbons (Fsp3) is 0.308. The van der Waals surface area contributed by atoms with E-state index in [1.165, 1.54) is 23.8 Å². The number of carbonyl (C=O) groups excluding carboxylic acids is 2. The number of amides is 2. The number of pyridine rings is 1. The van der Waals surface area contributed by atoms with E-state index >= 15 is 0 Å². The summed E-state index contributed by atoms with van der Waals surface area (Å²) in [6.45, 7) is 3.81. The van der Waals surface area contributed by atoms with Crippen LogP contribution in [0.5, 0.6) is 11.5 Å². The van der Waals surface area contributed by atoms with Gasteiger partial charge >= 0.3 is 5.97 Å². The van der Waals surface area contributed by atoms with Crippen LogP contribution in [0, 0.1) is 5.92 Å². The predicted octanol–water partition coefficient (Wildman–Crippen LogP) is 5.24. The number of carboxylic acid groups (broad SMARTS) is 1. The van der Waals surface area contributed by atoms with Gasteiger partial charge in [-0.3, -0.25) is 19.3 Å². The third kappa shape index (κ3) is 10.6. The maximum atomic E-state index is 13.3. The minimum atomic E-state index is -2.36. The summed E-state index contributed by atoms with van der Waals surface area (Å²) in [5.41, 5.74) is 1.96. The van der Waals surface area contributed by atoms with Crippen molar-refractivity contribution >= 4 is 28.7 Å². The molecule has 66 heavy (non-hydrogen) atoms. The van der Waals surface area contributed by atoms with Gasteiger partial charge < -0.3 is 45.7 Å². The SMILES string of the molecule is O=C(N[C@H]1CCN(C(=O)COc2cccc([C@@](O)(C(=O)O)c3ccccc3CC3CCN(Cc4ccccc4)CC3)c2)C1)c1ccc(CNC[C@H](O)c2ccc(O)c3[nH]c(=O)ccc23)cc1. The van der Waals surface area contributed by atoms with Gasteiger partial charge in [0.15, 0.2) is 6.61 Å². The molecule has 2 saturated heterocycles. The number of hydrogen-bond acceptors (Lipinski definition) is 10. The number of benzene rings is 5. The highest BCUT2D eigenvalue weighted by molar-refractivity contribution is 5.94. The number of hydrogen-bond donors (Lipinski definition) is 7. The van der Waals surface area contributed by atoms with E-state index in [2.05, 4.69) is 44.8 Å².